The minimum Gasteiger partial charge on any atom is -0.399 e. The fourth-order valence-electron chi connectivity index (χ4n) is 1.91. The number of benzene rings is 2. The monoisotopic (exact) mass is 259 g/mol. The van der Waals surface area contributed by atoms with Crippen molar-refractivity contribution >= 4 is 23.1 Å². The molecule has 2 aromatic carbocycles. The molecule has 0 aliphatic rings. The molecule has 2 nitrogen and oxygen atoms in total. The summed E-state index contributed by atoms with van der Waals surface area (Å²) in [6.07, 6.45) is 0.814. The molecular formula is C15H14ClNO. The molecular weight excluding hydrogens is 246 g/mol. The Balaban J connectivity index is 2.48. The molecule has 2 aromatic rings. The smallest absolute Gasteiger partial charge is 0.194 e. The average Bonchev–Trinajstić information content (AvgIpc) is 2.38. The third-order valence-electron chi connectivity index (χ3n) is 2.88. The van der Waals surface area contributed by atoms with Gasteiger partial charge >= 0.3 is 0 Å². The van der Waals surface area contributed by atoms with E-state index in [9.17, 15) is 4.79 Å². The summed E-state index contributed by atoms with van der Waals surface area (Å²) >= 11 is 6.07. The summed E-state index contributed by atoms with van der Waals surface area (Å²) in [5.74, 6) is -0.0579. The molecule has 0 saturated heterocycles. The van der Waals surface area contributed by atoms with Gasteiger partial charge in [0.1, 0.15) is 0 Å². The molecule has 3 heteroatoms. The number of anilines is 1. The first-order valence-corrected chi connectivity index (χ1v) is 6.19. The van der Waals surface area contributed by atoms with E-state index in [1.54, 1.807) is 18.2 Å². The fourth-order valence-corrected chi connectivity index (χ4v) is 2.19. The third-order valence-corrected chi connectivity index (χ3v) is 3.19. The lowest BCUT2D eigenvalue weighted by Gasteiger charge is -2.08. The molecule has 18 heavy (non-hydrogen) atoms. The number of hydrogen-bond donors (Lipinski definition) is 1. The van der Waals surface area contributed by atoms with E-state index < -0.39 is 0 Å². The summed E-state index contributed by atoms with van der Waals surface area (Å²) in [4.78, 5) is 12.4. The molecule has 2 N–H and O–H groups in total. The third kappa shape index (κ3) is 2.39. The Morgan fingerprint density at radius 3 is 2.56 bits per heavy atom. The van der Waals surface area contributed by atoms with E-state index in [1.165, 1.54) is 0 Å². The second-order valence-corrected chi connectivity index (χ2v) is 4.49. The van der Waals surface area contributed by atoms with E-state index in [2.05, 4.69) is 0 Å². The predicted octanol–water partition coefficient (Wildman–Crippen LogP) is 3.72. The molecule has 0 spiro atoms. The van der Waals surface area contributed by atoms with Crippen LogP contribution in [0.4, 0.5) is 5.69 Å². The van der Waals surface area contributed by atoms with Gasteiger partial charge in [-0.15, -0.1) is 0 Å². The number of halogens is 1. The molecule has 0 radical (unpaired) electrons. The zero-order valence-electron chi connectivity index (χ0n) is 10.1. The van der Waals surface area contributed by atoms with Crippen LogP contribution >= 0.6 is 11.6 Å². The van der Waals surface area contributed by atoms with Crippen molar-refractivity contribution in [2.45, 2.75) is 13.3 Å². The van der Waals surface area contributed by atoms with E-state index in [0.717, 1.165) is 12.0 Å². The van der Waals surface area contributed by atoms with Crippen LogP contribution in [-0.2, 0) is 6.42 Å². The molecule has 92 valence electrons. The molecule has 0 fully saturated rings. The van der Waals surface area contributed by atoms with Crippen LogP contribution in [0.1, 0.15) is 28.4 Å². The summed E-state index contributed by atoms with van der Waals surface area (Å²) in [5.41, 5.74) is 8.40. The number of aryl methyl sites for hydroxylation is 1. The Morgan fingerprint density at radius 1 is 1.17 bits per heavy atom. The first-order chi connectivity index (χ1) is 8.63. The number of nitrogens with two attached hydrogens (primary N) is 1. The van der Waals surface area contributed by atoms with Crippen LogP contribution in [0.5, 0.6) is 0 Å². The molecule has 0 atom stereocenters. The molecule has 0 saturated carbocycles. The van der Waals surface area contributed by atoms with Gasteiger partial charge in [0.2, 0.25) is 0 Å². The number of ketones is 1. The molecule has 0 aliphatic carbocycles. The fraction of sp³-hybridized carbons (Fsp3) is 0.133. The average molecular weight is 260 g/mol. The molecule has 2 rings (SSSR count). The number of nitrogen functional groups attached to an aromatic ring is 1. The minimum absolute atomic E-state index is 0.0579. The lowest BCUT2D eigenvalue weighted by molar-refractivity contribution is 0.103. The van der Waals surface area contributed by atoms with Gasteiger partial charge < -0.3 is 5.73 Å². The van der Waals surface area contributed by atoms with Crippen LogP contribution < -0.4 is 5.73 Å². The zero-order chi connectivity index (χ0) is 13.1. The largest absolute Gasteiger partial charge is 0.399 e. The zero-order valence-corrected chi connectivity index (χ0v) is 10.9. The second-order valence-electron chi connectivity index (χ2n) is 4.08. The van der Waals surface area contributed by atoms with E-state index in [4.69, 9.17) is 17.3 Å². The van der Waals surface area contributed by atoms with Crippen LogP contribution in [-0.4, -0.2) is 5.78 Å². The second kappa shape index (κ2) is 5.23. The summed E-state index contributed by atoms with van der Waals surface area (Å²) in [6.45, 7) is 2.02. The van der Waals surface area contributed by atoms with E-state index in [1.807, 2.05) is 31.2 Å². The van der Waals surface area contributed by atoms with E-state index >= 15 is 0 Å². The van der Waals surface area contributed by atoms with Gasteiger partial charge in [-0.2, -0.15) is 0 Å². The molecule has 0 unspecified atom stereocenters. The minimum atomic E-state index is -0.0579. The lowest BCUT2D eigenvalue weighted by atomic mass is 9.97. The molecule has 0 amide bonds. The molecule has 0 aliphatic heterocycles. The van der Waals surface area contributed by atoms with Gasteiger partial charge in [0, 0.05) is 16.8 Å². The Hall–Kier alpha value is -1.80. The predicted molar refractivity (Wildman–Crippen MR) is 75.1 cm³/mol. The van der Waals surface area contributed by atoms with Crippen LogP contribution in [0, 0.1) is 0 Å². The van der Waals surface area contributed by atoms with Crippen LogP contribution in [0.2, 0.25) is 5.02 Å². The van der Waals surface area contributed by atoms with Crippen molar-refractivity contribution in [3.05, 3.63) is 64.2 Å². The van der Waals surface area contributed by atoms with Gasteiger partial charge in [-0.1, -0.05) is 42.8 Å². The van der Waals surface area contributed by atoms with Crippen molar-refractivity contribution in [3.63, 3.8) is 0 Å². The van der Waals surface area contributed by atoms with Gasteiger partial charge in [0.15, 0.2) is 5.78 Å². The number of rotatable bonds is 3. The number of hydrogen-bond acceptors (Lipinski definition) is 2. The summed E-state index contributed by atoms with van der Waals surface area (Å²) in [5, 5.41) is 0.394. The van der Waals surface area contributed by atoms with E-state index in [0.29, 0.717) is 21.8 Å². The first kappa shape index (κ1) is 12.7. The van der Waals surface area contributed by atoms with Crippen LogP contribution in [0.25, 0.3) is 0 Å². The summed E-state index contributed by atoms with van der Waals surface area (Å²) in [7, 11) is 0. The maximum Gasteiger partial charge on any atom is 0.194 e. The standard InChI is InChI=1S/C15H14ClNO/c1-2-10-5-3-4-6-12(10)15(18)13-8-7-11(17)9-14(13)16/h3-9H,2,17H2,1H3. The number of carbonyl (C=O) groups excluding carboxylic acids is 1. The Bertz CT molecular complexity index is 593. The van der Waals surface area contributed by atoms with Gasteiger partial charge in [0.05, 0.1) is 5.02 Å². The quantitative estimate of drug-likeness (QED) is 0.674. The molecule has 0 heterocycles. The van der Waals surface area contributed by atoms with Gasteiger partial charge in [-0.05, 0) is 30.2 Å². The SMILES string of the molecule is CCc1ccccc1C(=O)c1ccc(N)cc1Cl. The van der Waals surface area contributed by atoms with Crippen molar-refractivity contribution in [3.8, 4) is 0 Å². The van der Waals surface area contributed by atoms with Crippen molar-refractivity contribution < 1.29 is 4.79 Å². The van der Waals surface area contributed by atoms with E-state index in [-0.39, 0.29) is 5.78 Å². The van der Waals surface area contributed by atoms with Gasteiger partial charge in [0.25, 0.3) is 0 Å². The molecule has 0 aromatic heterocycles. The maximum atomic E-state index is 12.4. The van der Waals surface area contributed by atoms with Crippen LogP contribution in [0.15, 0.2) is 42.5 Å². The topological polar surface area (TPSA) is 43.1 Å². The van der Waals surface area contributed by atoms with Gasteiger partial charge in [-0.25, -0.2) is 0 Å². The van der Waals surface area contributed by atoms with Crippen molar-refractivity contribution in [1.29, 1.82) is 0 Å². The lowest BCUT2D eigenvalue weighted by Crippen LogP contribution is -2.06. The van der Waals surface area contributed by atoms with Gasteiger partial charge in [-0.3, -0.25) is 4.79 Å². The Kier molecular flexibility index (Phi) is 3.68. The summed E-state index contributed by atoms with van der Waals surface area (Å²) < 4.78 is 0. The number of carbonyl (C=O) groups is 1. The highest BCUT2D eigenvalue weighted by atomic mass is 35.5. The first-order valence-electron chi connectivity index (χ1n) is 5.81. The van der Waals surface area contributed by atoms with Crippen molar-refractivity contribution in [2.75, 3.05) is 5.73 Å². The normalized spacial score (nSPS) is 10.3. The van der Waals surface area contributed by atoms with Crippen LogP contribution in [0.3, 0.4) is 0 Å². The highest BCUT2D eigenvalue weighted by molar-refractivity contribution is 6.35. The highest BCUT2D eigenvalue weighted by Gasteiger charge is 2.15. The Morgan fingerprint density at radius 2 is 1.89 bits per heavy atom. The maximum absolute atomic E-state index is 12.4. The summed E-state index contributed by atoms with van der Waals surface area (Å²) in [6, 6.07) is 12.5. The van der Waals surface area contributed by atoms with Crippen molar-refractivity contribution in [1.82, 2.24) is 0 Å². The highest BCUT2D eigenvalue weighted by Crippen LogP contribution is 2.23. The van der Waals surface area contributed by atoms with Crippen molar-refractivity contribution in [2.24, 2.45) is 0 Å². The molecule has 0 bridgehead atoms. The Labute approximate surface area is 111 Å².